The topological polar surface area (TPSA) is 78.1 Å². The van der Waals surface area contributed by atoms with Gasteiger partial charge in [-0.3, -0.25) is 14.7 Å². The molecule has 0 saturated heterocycles. The van der Waals surface area contributed by atoms with Gasteiger partial charge < -0.3 is 10.2 Å². The normalized spacial score (nSPS) is 14.2. The second kappa shape index (κ2) is 4.96. The van der Waals surface area contributed by atoms with Crippen LogP contribution < -0.4 is 5.32 Å². The number of fused-ring (bicyclic) bond motifs is 1. The average Bonchev–Trinajstić information content (AvgIpc) is 3.14. The molecule has 1 fully saturated rings. The number of rotatable bonds is 4. The first kappa shape index (κ1) is 12.7. The van der Waals surface area contributed by atoms with E-state index in [0.29, 0.717) is 11.7 Å². The van der Waals surface area contributed by atoms with Gasteiger partial charge in [0.25, 0.3) is 5.91 Å². The number of likely N-dealkylation sites (N-methyl/N-ethyl adjacent to an activating group) is 1. The summed E-state index contributed by atoms with van der Waals surface area (Å²) in [6, 6.07) is 7.73. The maximum absolute atomic E-state index is 12.3. The van der Waals surface area contributed by atoms with Crippen LogP contribution in [0.5, 0.6) is 0 Å². The zero-order valence-electron chi connectivity index (χ0n) is 11.2. The number of aromatic amines is 1. The number of amides is 2. The van der Waals surface area contributed by atoms with Crippen molar-refractivity contribution >= 4 is 22.7 Å². The molecule has 3 rings (SSSR count). The molecule has 0 bridgehead atoms. The number of H-pyrrole nitrogens is 1. The van der Waals surface area contributed by atoms with Crippen molar-refractivity contribution in [2.75, 3.05) is 13.6 Å². The lowest BCUT2D eigenvalue weighted by atomic mass is 10.2. The van der Waals surface area contributed by atoms with E-state index in [1.807, 2.05) is 24.3 Å². The first-order valence-electron chi connectivity index (χ1n) is 6.63. The minimum absolute atomic E-state index is 0.0521. The first-order valence-corrected chi connectivity index (χ1v) is 6.63. The van der Waals surface area contributed by atoms with Crippen molar-refractivity contribution in [2.24, 2.45) is 0 Å². The van der Waals surface area contributed by atoms with Gasteiger partial charge in [-0.05, 0) is 18.9 Å². The average molecular weight is 272 g/mol. The summed E-state index contributed by atoms with van der Waals surface area (Å²) >= 11 is 0. The zero-order chi connectivity index (χ0) is 14.1. The van der Waals surface area contributed by atoms with Crippen LogP contribution in [0.1, 0.15) is 23.3 Å². The Labute approximate surface area is 116 Å². The summed E-state index contributed by atoms with van der Waals surface area (Å²) in [5.74, 6) is -0.378. The predicted octanol–water partition coefficient (Wildman–Crippen LogP) is 0.913. The van der Waals surface area contributed by atoms with Crippen molar-refractivity contribution in [1.29, 1.82) is 0 Å². The summed E-state index contributed by atoms with van der Waals surface area (Å²) in [6.45, 7) is 0.0521. The first-order chi connectivity index (χ1) is 9.65. The van der Waals surface area contributed by atoms with E-state index < -0.39 is 0 Å². The van der Waals surface area contributed by atoms with Gasteiger partial charge in [-0.1, -0.05) is 18.2 Å². The van der Waals surface area contributed by atoms with Gasteiger partial charge in [0.1, 0.15) is 0 Å². The van der Waals surface area contributed by atoms with Crippen molar-refractivity contribution in [3.05, 3.63) is 30.0 Å². The molecule has 2 amide bonds. The highest BCUT2D eigenvalue weighted by Gasteiger charge is 2.25. The minimum Gasteiger partial charge on any atom is -0.352 e. The molecular formula is C14H16N4O2. The number of hydrogen-bond donors (Lipinski definition) is 2. The molecule has 0 atom stereocenters. The van der Waals surface area contributed by atoms with Crippen molar-refractivity contribution in [3.63, 3.8) is 0 Å². The summed E-state index contributed by atoms with van der Waals surface area (Å²) in [5.41, 5.74) is 1.16. The number of hydrogen-bond acceptors (Lipinski definition) is 3. The van der Waals surface area contributed by atoms with Crippen molar-refractivity contribution < 1.29 is 9.59 Å². The Hall–Kier alpha value is -2.37. The van der Waals surface area contributed by atoms with Crippen LogP contribution in [0.25, 0.3) is 10.9 Å². The maximum atomic E-state index is 12.3. The third kappa shape index (κ3) is 2.49. The SMILES string of the molecule is CN(CC(=O)NC1CC1)C(=O)c1n[nH]c2ccccc12. The van der Waals surface area contributed by atoms with Gasteiger partial charge in [0.05, 0.1) is 12.1 Å². The van der Waals surface area contributed by atoms with E-state index in [-0.39, 0.29) is 18.4 Å². The van der Waals surface area contributed by atoms with E-state index in [0.717, 1.165) is 23.7 Å². The van der Waals surface area contributed by atoms with Crippen LogP contribution in [0.3, 0.4) is 0 Å². The molecule has 1 aromatic heterocycles. The summed E-state index contributed by atoms with van der Waals surface area (Å²) in [4.78, 5) is 25.4. The van der Waals surface area contributed by atoms with Crippen LogP contribution in [0.4, 0.5) is 0 Å². The van der Waals surface area contributed by atoms with E-state index in [4.69, 9.17) is 0 Å². The Bertz CT molecular complexity index is 660. The highest BCUT2D eigenvalue weighted by Crippen LogP contribution is 2.19. The molecule has 1 aromatic carbocycles. The number of benzene rings is 1. The fourth-order valence-corrected chi connectivity index (χ4v) is 2.10. The Balaban J connectivity index is 1.72. The molecule has 0 radical (unpaired) electrons. The minimum atomic E-state index is -0.256. The molecular weight excluding hydrogens is 256 g/mol. The van der Waals surface area contributed by atoms with Crippen LogP contribution in [0, 0.1) is 0 Å². The largest absolute Gasteiger partial charge is 0.352 e. The van der Waals surface area contributed by atoms with Crippen molar-refractivity contribution in [2.45, 2.75) is 18.9 Å². The van der Waals surface area contributed by atoms with E-state index in [1.54, 1.807) is 7.05 Å². The molecule has 2 aromatic rings. The van der Waals surface area contributed by atoms with E-state index >= 15 is 0 Å². The summed E-state index contributed by atoms with van der Waals surface area (Å²) in [6.07, 6.45) is 2.07. The van der Waals surface area contributed by atoms with Crippen LogP contribution in [0.15, 0.2) is 24.3 Å². The van der Waals surface area contributed by atoms with Gasteiger partial charge >= 0.3 is 0 Å². The fourth-order valence-electron chi connectivity index (χ4n) is 2.10. The van der Waals surface area contributed by atoms with Gasteiger partial charge in [-0.25, -0.2) is 0 Å². The summed E-state index contributed by atoms with van der Waals surface area (Å²) in [7, 11) is 1.61. The predicted molar refractivity (Wildman–Crippen MR) is 74.2 cm³/mol. The molecule has 0 unspecified atom stereocenters. The third-order valence-corrected chi connectivity index (χ3v) is 3.34. The molecule has 0 spiro atoms. The maximum Gasteiger partial charge on any atom is 0.275 e. The van der Waals surface area contributed by atoms with Crippen molar-refractivity contribution in [1.82, 2.24) is 20.4 Å². The summed E-state index contributed by atoms with van der Waals surface area (Å²) in [5, 5.41) is 10.5. The highest BCUT2D eigenvalue weighted by molar-refractivity contribution is 6.05. The second-order valence-electron chi connectivity index (χ2n) is 5.12. The lowest BCUT2D eigenvalue weighted by Gasteiger charge is -2.15. The molecule has 2 N–H and O–H groups in total. The quantitative estimate of drug-likeness (QED) is 0.868. The monoisotopic (exact) mass is 272 g/mol. The fraction of sp³-hybridized carbons (Fsp3) is 0.357. The summed E-state index contributed by atoms with van der Waals surface area (Å²) < 4.78 is 0. The zero-order valence-corrected chi connectivity index (χ0v) is 11.2. The second-order valence-corrected chi connectivity index (χ2v) is 5.12. The smallest absolute Gasteiger partial charge is 0.275 e. The van der Waals surface area contributed by atoms with Gasteiger partial charge in [0.2, 0.25) is 5.91 Å². The van der Waals surface area contributed by atoms with Crippen LogP contribution in [-0.4, -0.2) is 46.5 Å². The van der Waals surface area contributed by atoms with Crippen LogP contribution in [0.2, 0.25) is 0 Å². The Kier molecular flexibility index (Phi) is 3.14. The van der Waals surface area contributed by atoms with Crippen LogP contribution in [-0.2, 0) is 4.79 Å². The number of aromatic nitrogens is 2. The number of nitrogens with one attached hydrogen (secondary N) is 2. The number of carbonyl (C=O) groups excluding carboxylic acids is 2. The van der Waals surface area contributed by atoms with Crippen LogP contribution >= 0.6 is 0 Å². The van der Waals surface area contributed by atoms with Gasteiger partial charge in [0.15, 0.2) is 5.69 Å². The molecule has 0 aliphatic heterocycles. The lowest BCUT2D eigenvalue weighted by molar-refractivity contribution is -0.121. The molecule has 1 aliphatic carbocycles. The number of carbonyl (C=O) groups is 2. The van der Waals surface area contributed by atoms with E-state index in [9.17, 15) is 9.59 Å². The molecule has 1 heterocycles. The Morgan fingerprint density at radius 2 is 2.15 bits per heavy atom. The van der Waals surface area contributed by atoms with E-state index in [2.05, 4.69) is 15.5 Å². The molecule has 1 saturated carbocycles. The lowest BCUT2D eigenvalue weighted by Crippen LogP contribution is -2.39. The molecule has 6 nitrogen and oxygen atoms in total. The van der Waals surface area contributed by atoms with Gasteiger partial charge in [-0.15, -0.1) is 0 Å². The van der Waals surface area contributed by atoms with Crippen molar-refractivity contribution in [3.8, 4) is 0 Å². The van der Waals surface area contributed by atoms with Gasteiger partial charge in [-0.2, -0.15) is 5.10 Å². The molecule has 6 heteroatoms. The molecule has 1 aliphatic rings. The van der Waals surface area contributed by atoms with E-state index in [1.165, 1.54) is 4.90 Å². The Morgan fingerprint density at radius 1 is 1.40 bits per heavy atom. The highest BCUT2D eigenvalue weighted by atomic mass is 16.2. The number of nitrogens with zero attached hydrogens (tertiary/aromatic N) is 2. The Morgan fingerprint density at radius 3 is 2.90 bits per heavy atom. The standard InChI is InChI=1S/C14H16N4O2/c1-18(8-12(19)15-9-6-7-9)14(20)13-10-4-2-3-5-11(10)16-17-13/h2-5,9H,6-8H2,1H3,(H,15,19)(H,16,17). The third-order valence-electron chi connectivity index (χ3n) is 3.34. The molecule has 20 heavy (non-hydrogen) atoms. The molecule has 104 valence electrons. The number of para-hydroxylation sites is 1. The van der Waals surface area contributed by atoms with Gasteiger partial charge in [0, 0.05) is 18.5 Å².